The maximum Gasteiger partial charge on any atom is 0.408 e. The van der Waals surface area contributed by atoms with Crippen LogP contribution in [0.2, 0.25) is 0 Å². The second-order valence-electron chi connectivity index (χ2n) is 5.53. The van der Waals surface area contributed by atoms with Crippen LogP contribution in [0.1, 0.15) is 38.7 Å². The first-order chi connectivity index (χ1) is 11.4. The number of alkyl carbamates (subject to hydrolysis) is 1. The number of unbranched alkanes of at least 4 members (excludes halogenated alkanes) is 1. The summed E-state index contributed by atoms with van der Waals surface area (Å²) in [5.74, 6) is -1.07. The molecule has 0 unspecified atom stereocenters. The molecule has 1 rings (SSSR count). The molecule has 2 atom stereocenters. The average molecular weight is 335 g/mol. The Balaban J connectivity index is 2.41. The van der Waals surface area contributed by atoms with Crippen molar-refractivity contribution in [1.82, 2.24) is 10.6 Å². The van der Waals surface area contributed by atoms with Crippen molar-refractivity contribution in [2.75, 3.05) is 0 Å². The number of nitrogens with one attached hydrogen (secondary N) is 2. The molecule has 3 amide bonds. The van der Waals surface area contributed by atoms with Crippen LogP contribution in [0.4, 0.5) is 4.79 Å². The minimum Gasteiger partial charge on any atom is -0.445 e. The summed E-state index contributed by atoms with van der Waals surface area (Å²) >= 11 is 0. The fourth-order valence-electron chi connectivity index (χ4n) is 2.00. The molecule has 0 aromatic heterocycles. The lowest BCUT2D eigenvalue weighted by Crippen LogP contribution is -2.51. The first-order valence-electron chi connectivity index (χ1n) is 8.01. The van der Waals surface area contributed by atoms with E-state index in [1.807, 2.05) is 37.3 Å². The number of carbonyl (C=O) groups excluding carboxylic acids is 3. The van der Waals surface area contributed by atoms with Crippen molar-refractivity contribution >= 4 is 17.9 Å². The van der Waals surface area contributed by atoms with Crippen LogP contribution in [-0.2, 0) is 20.9 Å². The van der Waals surface area contributed by atoms with Crippen LogP contribution in [0, 0.1) is 0 Å². The Morgan fingerprint density at radius 3 is 2.42 bits per heavy atom. The van der Waals surface area contributed by atoms with E-state index in [4.69, 9.17) is 10.5 Å². The summed E-state index contributed by atoms with van der Waals surface area (Å²) in [6, 6.07) is 7.63. The van der Waals surface area contributed by atoms with Crippen LogP contribution >= 0.6 is 0 Å². The van der Waals surface area contributed by atoms with Crippen molar-refractivity contribution in [3.05, 3.63) is 35.9 Å². The lowest BCUT2D eigenvalue weighted by Gasteiger charge is -2.19. The van der Waals surface area contributed by atoms with E-state index in [1.54, 1.807) is 0 Å². The Labute approximate surface area is 141 Å². The predicted molar refractivity (Wildman–Crippen MR) is 89.9 cm³/mol. The fourth-order valence-corrected chi connectivity index (χ4v) is 2.00. The average Bonchev–Trinajstić information content (AvgIpc) is 2.57. The number of amides is 3. The van der Waals surface area contributed by atoms with Gasteiger partial charge in [-0.1, -0.05) is 50.1 Å². The van der Waals surface area contributed by atoms with Crippen molar-refractivity contribution in [3.8, 4) is 0 Å². The van der Waals surface area contributed by atoms with Crippen molar-refractivity contribution in [1.29, 1.82) is 0 Å². The third-order valence-corrected chi connectivity index (χ3v) is 3.45. The molecule has 0 aliphatic heterocycles. The highest BCUT2D eigenvalue weighted by Gasteiger charge is 2.22. The number of ether oxygens (including phenoxy) is 1. The second-order valence-corrected chi connectivity index (χ2v) is 5.53. The van der Waals surface area contributed by atoms with Crippen molar-refractivity contribution in [2.45, 2.75) is 51.8 Å². The Hall–Kier alpha value is -2.57. The van der Waals surface area contributed by atoms with E-state index >= 15 is 0 Å². The highest BCUT2D eigenvalue weighted by atomic mass is 16.5. The first kappa shape index (κ1) is 19.5. The van der Waals surface area contributed by atoms with Crippen molar-refractivity contribution in [2.24, 2.45) is 5.73 Å². The predicted octanol–water partition coefficient (Wildman–Crippen LogP) is 1.46. The van der Waals surface area contributed by atoms with Crippen LogP contribution in [0.15, 0.2) is 30.3 Å². The van der Waals surface area contributed by atoms with E-state index in [0.717, 1.165) is 18.4 Å². The van der Waals surface area contributed by atoms with Gasteiger partial charge in [0.15, 0.2) is 0 Å². The Morgan fingerprint density at radius 1 is 1.17 bits per heavy atom. The molecule has 132 valence electrons. The molecule has 0 saturated carbocycles. The van der Waals surface area contributed by atoms with Crippen LogP contribution < -0.4 is 16.4 Å². The van der Waals surface area contributed by atoms with Gasteiger partial charge in [-0.2, -0.15) is 0 Å². The molecular formula is C17H25N3O4. The molecule has 0 spiro atoms. The monoisotopic (exact) mass is 335 g/mol. The fraction of sp³-hybridized carbons (Fsp3) is 0.471. The van der Waals surface area contributed by atoms with Gasteiger partial charge in [0, 0.05) is 0 Å². The third kappa shape index (κ3) is 7.13. The zero-order valence-corrected chi connectivity index (χ0v) is 14.1. The van der Waals surface area contributed by atoms with Crippen LogP contribution in [0.25, 0.3) is 0 Å². The van der Waals surface area contributed by atoms with Gasteiger partial charge >= 0.3 is 6.09 Å². The molecule has 0 saturated heterocycles. The number of primary amides is 1. The van der Waals surface area contributed by atoms with Gasteiger partial charge in [0.2, 0.25) is 11.8 Å². The molecule has 7 nitrogen and oxygen atoms in total. The van der Waals surface area contributed by atoms with E-state index in [1.165, 1.54) is 6.92 Å². The lowest BCUT2D eigenvalue weighted by atomic mass is 10.1. The summed E-state index contributed by atoms with van der Waals surface area (Å²) in [7, 11) is 0. The SMILES string of the molecule is CCCC[C@H](NC(=O)[C@H](C)NC(=O)OCc1ccccc1)C(N)=O. The molecule has 24 heavy (non-hydrogen) atoms. The summed E-state index contributed by atoms with van der Waals surface area (Å²) in [6.45, 7) is 3.60. The molecule has 1 aromatic carbocycles. The molecule has 0 bridgehead atoms. The second kappa shape index (κ2) is 10.3. The van der Waals surface area contributed by atoms with Gasteiger partial charge in [0.05, 0.1) is 0 Å². The van der Waals surface area contributed by atoms with Crippen LogP contribution in [0.3, 0.4) is 0 Å². The summed E-state index contributed by atoms with van der Waals surface area (Å²) in [5.41, 5.74) is 6.12. The van der Waals surface area contributed by atoms with Gasteiger partial charge in [-0.05, 0) is 18.9 Å². The van der Waals surface area contributed by atoms with E-state index in [2.05, 4.69) is 10.6 Å². The minimum absolute atomic E-state index is 0.113. The normalized spacial score (nSPS) is 12.8. The van der Waals surface area contributed by atoms with Gasteiger partial charge in [0.1, 0.15) is 18.7 Å². The zero-order chi connectivity index (χ0) is 17.9. The van der Waals surface area contributed by atoms with E-state index in [9.17, 15) is 14.4 Å². The largest absolute Gasteiger partial charge is 0.445 e. The highest BCUT2D eigenvalue weighted by molar-refractivity contribution is 5.90. The van der Waals surface area contributed by atoms with Gasteiger partial charge in [-0.3, -0.25) is 9.59 Å². The maximum atomic E-state index is 12.0. The molecule has 0 fully saturated rings. The summed E-state index contributed by atoms with van der Waals surface area (Å²) in [4.78, 5) is 35.1. The molecular weight excluding hydrogens is 310 g/mol. The molecule has 7 heteroatoms. The van der Waals surface area contributed by atoms with E-state index in [0.29, 0.717) is 6.42 Å². The number of carbonyl (C=O) groups is 3. The minimum atomic E-state index is -0.836. The molecule has 0 aliphatic rings. The summed E-state index contributed by atoms with van der Waals surface area (Å²) in [6.07, 6.45) is 1.43. The smallest absolute Gasteiger partial charge is 0.408 e. The van der Waals surface area contributed by atoms with Gasteiger partial charge in [0.25, 0.3) is 0 Å². The van der Waals surface area contributed by atoms with E-state index in [-0.39, 0.29) is 6.61 Å². The lowest BCUT2D eigenvalue weighted by molar-refractivity contribution is -0.128. The molecule has 0 heterocycles. The molecule has 1 aromatic rings. The van der Waals surface area contributed by atoms with Gasteiger partial charge in [-0.15, -0.1) is 0 Å². The summed E-state index contributed by atoms with van der Waals surface area (Å²) in [5, 5.41) is 4.97. The maximum absolute atomic E-state index is 12.0. The number of hydrogen-bond donors (Lipinski definition) is 3. The number of rotatable bonds is 9. The Kier molecular flexibility index (Phi) is 8.32. The van der Waals surface area contributed by atoms with Crippen molar-refractivity contribution in [3.63, 3.8) is 0 Å². The highest BCUT2D eigenvalue weighted by Crippen LogP contribution is 2.02. The van der Waals surface area contributed by atoms with E-state index < -0.39 is 30.0 Å². The number of nitrogens with two attached hydrogens (primary N) is 1. The zero-order valence-electron chi connectivity index (χ0n) is 14.1. The van der Waals surface area contributed by atoms with Crippen LogP contribution in [0.5, 0.6) is 0 Å². The topological polar surface area (TPSA) is 111 Å². The quantitative estimate of drug-likeness (QED) is 0.634. The molecule has 0 radical (unpaired) electrons. The Morgan fingerprint density at radius 2 is 1.83 bits per heavy atom. The van der Waals surface area contributed by atoms with Crippen LogP contribution in [-0.4, -0.2) is 30.0 Å². The standard InChI is InChI=1S/C17H25N3O4/c1-3-4-10-14(15(18)21)20-16(22)12(2)19-17(23)24-11-13-8-6-5-7-9-13/h5-9,12,14H,3-4,10-11H2,1-2H3,(H2,18,21)(H,19,23)(H,20,22)/t12-,14-/m0/s1. The summed E-state index contributed by atoms with van der Waals surface area (Å²) < 4.78 is 5.04. The Bertz CT molecular complexity index is 548. The number of benzene rings is 1. The molecule has 4 N–H and O–H groups in total. The first-order valence-corrected chi connectivity index (χ1v) is 8.01. The van der Waals surface area contributed by atoms with Crippen molar-refractivity contribution < 1.29 is 19.1 Å². The third-order valence-electron chi connectivity index (χ3n) is 3.45. The number of hydrogen-bond acceptors (Lipinski definition) is 4. The van der Waals surface area contributed by atoms with Gasteiger partial charge in [-0.25, -0.2) is 4.79 Å². The molecule has 0 aliphatic carbocycles. The van der Waals surface area contributed by atoms with Gasteiger partial charge < -0.3 is 21.1 Å².